The van der Waals surface area contributed by atoms with Gasteiger partial charge in [0.1, 0.15) is 5.65 Å². The summed E-state index contributed by atoms with van der Waals surface area (Å²) < 4.78 is 13.5. The van der Waals surface area contributed by atoms with Crippen LogP contribution in [0.3, 0.4) is 0 Å². The monoisotopic (exact) mass is 496 g/mol. The molecule has 1 atom stereocenters. The summed E-state index contributed by atoms with van der Waals surface area (Å²) in [7, 11) is 1.58. The third-order valence-electron chi connectivity index (χ3n) is 6.17. The summed E-state index contributed by atoms with van der Waals surface area (Å²) in [6.45, 7) is 7.51. The lowest BCUT2D eigenvalue weighted by Gasteiger charge is -2.25. The van der Waals surface area contributed by atoms with Crippen molar-refractivity contribution in [3.8, 4) is 28.4 Å². The predicted octanol–water partition coefficient (Wildman–Crippen LogP) is 5.18. The second kappa shape index (κ2) is 9.50. The Kier molecular flexibility index (Phi) is 6.20. The Morgan fingerprint density at radius 3 is 2.38 bits per heavy atom. The van der Waals surface area contributed by atoms with Gasteiger partial charge in [0.05, 0.1) is 24.4 Å². The number of esters is 1. The zero-order valence-corrected chi connectivity index (χ0v) is 21.4. The molecular formula is C28H28N6O3. The first-order valence-electron chi connectivity index (χ1n) is 11.9. The average molecular weight is 497 g/mol. The van der Waals surface area contributed by atoms with Gasteiger partial charge in [-0.05, 0) is 61.2 Å². The number of hydrogen-bond donors (Lipinski definition) is 1. The zero-order valence-electron chi connectivity index (χ0n) is 21.4. The van der Waals surface area contributed by atoms with Crippen molar-refractivity contribution in [2.24, 2.45) is 5.41 Å². The predicted molar refractivity (Wildman–Crippen MR) is 139 cm³/mol. The van der Waals surface area contributed by atoms with Gasteiger partial charge < -0.3 is 9.47 Å². The van der Waals surface area contributed by atoms with E-state index >= 15 is 0 Å². The number of fused-ring (bicyclic) bond motifs is 1. The fourth-order valence-electron chi connectivity index (χ4n) is 4.14. The summed E-state index contributed by atoms with van der Waals surface area (Å²) in [5.74, 6) is 0.711. The van der Waals surface area contributed by atoms with Crippen LogP contribution in [-0.2, 0) is 9.53 Å². The molecule has 37 heavy (non-hydrogen) atoms. The lowest BCUT2D eigenvalue weighted by atomic mass is 9.95. The largest absolute Gasteiger partial charge is 0.480 e. The number of aromatic amines is 1. The number of nitrogens with zero attached hydrogens (tertiary/aromatic N) is 5. The van der Waals surface area contributed by atoms with E-state index in [2.05, 4.69) is 25.6 Å². The Labute approximate surface area is 214 Å². The number of ether oxygens (including phenoxy) is 2. The number of carbonyl (C=O) groups excluding carboxylic acids is 1. The molecule has 0 amide bonds. The Hall–Kier alpha value is -4.53. The molecule has 1 N–H and O–H groups in total. The minimum absolute atomic E-state index is 0.301. The lowest BCUT2D eigenvalue weighted by molar-refractivity contribution is -0.157. The van der Waals surface area contributed by atoms with Gasteiger partial charge in [-0.15, -0.1) is 10.2 Å². The molecule has 5 rings (SSSR count). The highest BCUT2D eigenvalue weighted by Gasteiger charge is 2.30. The lowest BCUT2D eigenvalue weighted by Crippen LogP contribution is -2.26. The van der Waals surface area contributed by atoms with Crippen molar-refractivity contribution < 1.29 is 14.3 Å². The summed E-state index contributed by atoms with van der Waals surface area (Å²) >= 11 is 0. The van der Waals surface area contributed by atoms with Gasteiger partial charge in [0.2, 0.25) is 11.7 Å². The SMILES string of the molecule is COc1cn2c([C@H](OC(=O)C(C)(C)C)c3ccc(-c4ccccc4-c4nn[nH]n4)cc3)ccc(C)c2n1. The Bertz CT molecular complexity index is 1550. The zero-order chi connectivity index (χ0) is 26.2. The number of nitrogens with one attached hydrogen (secondary N) is 1. The minimum Gasteiger partial charge on any atom is -0.480 e. The molecule has 9 nitrogen and oxygen atoms in total. The number of rotatable bonds is 6. The fourth-order valence-corrected chi connectivity index (χ4v) is 4.14. The van der Waals surface area contributed by atoms with Crippen molar-refractivity contribution in [3.63, 3.8) is 0 Å². The van der Waals surface area contributed by atoms with E-state index < -0.39 is 11.5 Å². The third kappa shape index (κ3) is 4.67. The van der Waals surface area contributed by atoms with E-state index in [0.29, 0.717) is 11.7 Å². The number of methoxy groups -OCH3 is 1. The summed E-state index contributed by atoms with van der Waals surface area (Å²) in [6, 6.07) is 19.8. The van der Waals surface area contributed by atoms with E-state index in [1.54, 1.807) is 7.11 Å². The number of aromatic nitrogens is 6. The van der Waals surface area contributed by atoms with Crippen LogP contribution < -0.4 is 4.74 Å². The molecule has 0 bridgehead atoms. The summed E-state index contributed by atoms with van der Waals surface area (Å²) in [6.07, 6.45) is 1.15. The molecule has 2 aromatic carbocycles. The first-order chi connectivity index (χ1) is 17.8. The molecule has 0 unspecified atom stereocenters. The van der Waals surface area contributed by atoms with Crippen molar-refractivity contribution in [1.29, 1.82) is 0 Å². The standard InChI is InChI=1S/C28H28N6O3/c1-17-10-15-22(34-16-23(36-5)29-26(17)34)24(37-27(35)28(2,3)4)19-13-11-18(12-14-19)20-8-6-7-9-21(20)25-30-32-33-31-25/h6-16,24H,1-5H3,(H,30,31,32,33)/t24-/m1/s1. The van der Waals surface area contributed by atoms with Crippen molar-refractivity contribution in [3.05, 3.63) is 83.7 Å². The number of H-pyrrole nitrogens is 1. The number of tetrazole rings is 1. The van der Waals surface area contributed by atoms with Crippen LogP contribution >= 0.6 is 0 Å². The maximum absolute atomic E-state index is 13.1. The molecule has 188 valence electrons. The summed E-state index contributed by atoms with van der Waals surface area (Å²) in [4.78, 5) is 17.6. The quantitative estimate of drug-likeness (QED) is 0.323. The van der Waals surface area contributed by atoms with Gasteiger partial charge in [0.25, 0.3) is 0 Å². The maximum Gasteiger partial charge on any atom is 0.312 e. The van der Waals surface area contributed by atoms with E-state index in [1.807, 2.05) is 99.0 Å². The van der Waals surface area contributed by atoms with Gasteiger partial charge in [-0.3, -0.25) is 9.20 Å². The van der Waals surface area contributed by atoms with Gasteiger partial charge in [-0.2, -0.15) is 10.2 Å². The average Bonchev–Trinajstić information content (AvgIpc) is 3.58. The van der Waals surface area contributed by atoms with Gasteiger partial charge in [0.15, 0.2) is 6.10 Å². The van der Waals surface area contributed by atoms with E-state index in [-0.39, 0.29) is 5.97 Å². The fraction of sp³-hybridized carbons (Fsp3) is 0.250. The van der Waals surface area contributed by atoms with Crippen LogP contribution in [0.5, 0.6) is 5.88 Å². The summed E-state index contributed by atoms with van der Waals surface area (Å²) in [5, 5.41) is 14.5. The van der Waals surface area contributed by atoms with Crippen molar-refractivity contribution in [2.45, 2.75) is 33.8 Å². The molecule has 9 heteroatoms. The molecular weight excluding hydrogens is 468 g/mol. The van der Waals surface area contributed by atoms with Crippen LogP contribution in [0, 0.1) is 12.3 Å². The highest BCUT2D eigenvalue weighted by atomic mass is 16.5. The second-order valence-electron chi connectivity index (χ2n) is 9.86. The minimum atomic E-state index is -0.668. The molecule has 0 spiro atoms. The first kappa shape index (κ1) is 24.2. The first-order valence-corrected chi connectivity index (χ1v) is 11.9. The van der Waals surface area contributed by atoms with E-state index in [9.17, 15) is 4.79 Å². The van der Waals surface area contributed by atoms with Crippen LogP contribution in [0.4, 0.5) is 0 Å². The Morgan fingerprint density at radius 1 is 1.00 bits per heavy atom. The van der Waals surface area contributed by atoms with Gasteiger partial charge in [0, 0.05) is 5.56 Å². The van der Waals surface area contributed by atoms with Crippen LogP contribution in [0.25, 0.3) is 28.2 Å². The highest BCUT2D eigenvalue weighted by molar-refractivity contribution is 5.80. The molecule has 0 aliphatic heterocycles. The van der Waals surface area contributed by atoms with Crippen LogP contribution in [0.2, 0.25) is 0 Å². The number of imidazole rings is 1. The van der Waals surface area contributed by atoms with Crippen LogP contribution in [0.1, 0.15) is 43.7 Å². The maximum atomic E-state index is 13.1. The number of pyridine rings is 1. The number of aryl methyl sites for hydroxylation is 1. The highest BCUT2D eigenvalue weighted by Crippen LogP contribution is 2.34. The number of hydrogen-bond acceptors (Lipinski definition) is 7. The molecule has 0 fully saturated rings. The van der Waals surface area contributed by atoms with Crippen LogP contribution in [-0.4, -0.2) is 43.1 Å². The van der Waals surface area contributed by atoms with Gasteiger partial charge >= 0.3 is 5.97 Å². The van der Waals surface area contributed by atoms with E-state index in [0.717, 1.165) is 39.2 Å². The molecule has 5 aromatic rings. The molecule has 0 saturated heterocycles. The van der Waals surface area contributed by atoms with Gasteiger partial charge in [-0.25, -0.2) is 0 Å². The molecule has 0 aliphatic carbocycles. The topological polar surface area (TPSA) is 107 Å². The van der Waals surface area contributed by atoms with E-state index in [4.69, 9.17) is 9.47 Å². The molecule has 0 radical (unpaired) electrons. The molecule has 3 aromatic heterocycles. The molecule has 0 aliphatic rings. The number of benzene rings is 2. The molecule has 3 heterocycles. The molecule has 0 saturated carbocycles. The third-order valence-corrected chi connectivity index (χ3v) is 6.17. The van der Waals surface area contributed by atoms with Crippen molar-refractivity contribution >= 4 is 11.6 Å². The van der Waals surface area contributed by atoms with E-state index in [1.165, 1.54) is 0 Å². The Morgan fingerprint density at radius 2 is 1.73 bits per heavy atom. The number of carbonyl (C=O) groups is 1. The van der Waals surface area contributed by atoms with Crippen LogP contribution in [0.15, 0.2) is 66.9 Å². The van der Waals surface area contributed by atoms with Gasteiger partial charge in [-0.1, -0.05) is 54.6 Å². The Balaban J connectivity index is 1.60. The second-order valence-corrected chi connectivity index (χ2v) is 9.86. The van der Waals surface area contributed by atoms with Crippen molar-refractivity contribution in [1.82, 2.24) is 30.0 Å². The smallest absolute Gasteiger partial charge is 0.312 e. The summed E-state index contributed by atoms with van der Waals surface area (Å²) in [5.41, 5.74) is 5.48. The van der Waals surface area contributed by atoms with Crippen molar-refractivity contribution in [2.75, 3.05) is 7.11 Å². The normalized spacial score (nSPS) is 12.5.